The number of hydrogen-bond donors (Lipinski definition) is 3. The van der Waals surface area contributed by atoms with Crippen molar-refractivity contribution in [2.75, 3.05) is 11.8 Å². The van der Waals surface area contributed by atoms with E-state index in [2.05, 4.69) is 19.4 Å². The largest absolute Gasteiger partial charge is 0.334 e. The molecule has 0 unspecified atom stereocenters. The summed E-state index contributed by atoms with van der Waals surface area (Å²) >= 11 is 0. The van der Waals surface area contributed by atoms with Gasteiger partial charge >= 0.3 is 0 Å². The molecule has 2 aromatic rings. The minimum atomic E-state index is -3.82. The van der Waals surface area contributed by atoms with Gasteiger partial charge in [-0.1, -0.05) is 6.07 Å². The Morgan fingerprint density at radius 3 is 2.50 bits per heavy atom. The highest BCUT2D eigenvalue weighted by Crippen LogP contribution is 2.18. The van der Waals surface area contributed by atoms with E-state index in [1.807, 2.05) is 0 Å². The fraction of sp³-hybridized carbons (Fsp3) is 0.100. The van der Waals surface area contributed by atoms with Crippen molar-refractivity contribution >= 4 is 25.7 Å². The lowest BCUT2D eigenvalue weighted by atomic mass is 10.3. The van der Waals surface area contributed by atoms with Crippen LogP contribution >= 0.6 is 0 Å². The van der Waals surface area contributed by atoms with Gasteiger partial charge in [0.15, 0.2) is 5.03 Å². The first-order valence-corrected chi connectivity index (χ1v) is 8.36. The highest BCUT2D eigenvalue weighted by Gasteiger charge is 2.17. The van der Waals surface area contributed by atoms with Crippen LogP contribution < -0.4 is 9.44 Å². The Morgan fingerprint density at radius 2 is 1.90 bits per heavy atom. The second-order valence-electron chi connectivity index (χ2n) is 3.76. The van der Waals surface area contributed by atoms with Gasteiger partial charge in [0.05, 0.1) is 23.1 Å². The number of nitrogens with one attached hydrogen (secondary N) is 3. The lowest BCUT2D eigenvalue weighted by molar-refractivity contribution is 0.587. The van der Waals surface area contributed by atoms with E-state index in [0.29, 0.717) is 0 Å². The van der Waals surface area contributed by atoms with E-state index < -0.39 is 20.0 Å². The number of sulfonamides is 2. The lowest BCUT2D eigenvalue weighted by Gasteiger charge is -2.08. The third-order valence-corrected chi connectivity index (χ3v) is 5.15. The monoisotopic (exact) mass is 316 g/mol. The van der Waals surface area contributed by atoms with Gasteiger partial charge in [-0.05, 0) is 25.2 Å². The topological polar surface area (TPSA) is 121 Å². The van der Waals surface area contributed by atoms with Crippen molar-refractivity contribution in [1.82, 2.24) is 14.7 Å². The molecule has 1 aromatic heterocycles. The molecular weight excluding hydrogens is 304 g/mol. The summed E-state index contributed by atoms with van der Waals surface area (Å²) in [6.45, 7) is 0. The molecule has 0 spiro atoms. The van der Waals surface area contributed by atoms with Gasteiger partial charge in [-0.3, -0.25) is 4.72 Å². The van der Waals surface area contributed by atoms with Crippen LogP contribution in [0, 0.1) is 0 Å². The van der Waals surface area contributed by atoms with Gasteiger partial charge in [-0.25, -0.2) is 18.1 Å². The molecule has 8 nitrogen and oxygen atoms in total. The van der Waals surface area contributed by atoms with Crippen LogP contribution in [-0.4, -0.2) is 33.9 Å². The second-order valence-corrected chi connectivity index (χ2v) is 7.29. The van der Waals surface area contributed by atoms with Gasteiger partial charge in [-0.15, -0.1) is 0 Å². The van der Waals surface area contributed by atoms with Crippen LogP contribution in [0.2, 0.25) is 0 Å². The predicted octanol–water partition coefficient (Wildman–Crippen LogP) is 0.119. The van der Waals surface area contributed by atoms with Crippen LogP contribution in [0.25, 0.3) is 0 Å². The van der Waals surface area contributed by atoms with Gasteiger partial charge in [0, 0.05) is 0 Å². The highest BCUT2D eigenvalue weighted by atomic mass is 32.2. The van der Waals surface area contributed by atoms with E-state index in [4.69, 9.17) is 0 Å². The fourth-order valence-corrected chi connectivity index (χ4v) is 3.18. The van der Waals surface area contributed by atoms with Crippen molar-refractivity contribution < 1.29 is 16.8 Å². The van der Waals surface area contributed by atoms with Crippen molar-refractivity contribution in [3.63, 3.8) is 0 Å². The number of rotatable bonds is 5. The molecule has 1 aromatic carbocycles. The smallest absolute Gasteiger partial charge is 0.278 e. The fourth-order valence-electron chi connectivity index (χ4n) is 1.44. The molecule has 0 aliphatic heterocycles. The first-order valence-electron chi connectivity index (χ1n) is 5.40. The quantitative estimate of drug-likeness (QED) is 0.723. The molecule has 108 valence electrons. The van der Waals surface area contributed by atoms with Crippen LogP contribution in [0.1, 0.15) is 0 Å². The summed E-state index contributed by atoms with van der Waals surface area (Å²) in [5.41, 5.74) is 0.135. The molecule has 0 bridgehead atoms. The molecule has 10 heteroatoms. The third kappa shape index (κ3) is 2.98. The molecule has 0 saturated heterocycles. The van der Waals surface area contributed by atoms with E-state index in [1.165, 1.54) is 37.6 Å². The lowest BCUT2D eigenvalue weighted by Crippen LogP contribution is -2.19. The molecule has 1 heterocycles. The molecule has 0 radical (unpaired) electrons. The molecule has 20 heavy (non-hydrogen) atoms. The van der Waals surface area contributed by atoms with E-state index in [9.17, 15) is 16.8 Å². The molecule has 2 rings (SSSR count). The van der Waals surface area contributed by atoms with Crippen molar-refractivity contribution in [2.24, 2.45) is 0 Å². The third-order valence-electron chi connectivity index (χ3n) is 2.43. The number of anilines is 1. The Labute approximate surface area is 116 Å². The van der Waals surface area contributed by atoms with Crippen LogP contribution in [0.3, 0.4) is 0 Å². The van der Waals surface area contributed by atoms with E-state index in [1.54, 1.807) is 0 Å². The Morgan fingerprint density at radius 1 is 1.15 bits per heavy atom. The number of H-pyrrole nitrogens is 1. The van der Waals surface area contributed by atoms with Crippen molar-refractivity contribution in [1.29, 1.82) is 0 Å². The van der Waals surface area contributed by atoms with Crippen molar-refractivity contribution in [3.05, 3.63) is 36.8 Å². The van der Waals surface area contributed by atoms with Gasteiger partial charge in [0.25, 0.3) is 10.0 Å². The molecular formula is C10H12N4O4S2. The Bertz CT molecular complexity index is 798. The second kappa shape index (κ2) is 5.23. The Kier molecular flexibility index (Phi) is 3.79. The van der Waals surface area contributed by atoms with Gasteiger partial charge in [0.2, 0.25) is 10.0 Å². The number of aromatic amines is 1. The highest BCUT2D eigenvalue weighted by molar-refractivity contribution is 7.92. The number of benzene rings is 1. The van der Waals surface area contributed by atoms with Crippen LogP contribution in [0.4, 0.5) is 5.69 Å². The Balaban J connectivity index is 2.35. The molecule has 0 fully saturated rings. The van der Waals surface area contributed by atoms with Gasteiger partial charge in [0.1, 0.15) is 0 Å². The molecule has 0 aliphatic rings. The van der Waals surface area contributed by atoms with Gasteiger partial charge < -0.3 is 4.98 Å². The van der Waals surface area contributed by atoms with E-state index >= 15 is 0 Å². The summed E-state index contributed by atoms with van der Waals surface area (Å²) in [4.78, 5) is 6.04. The number of imidazole rings is 1. The zero-order valence-corrected chi connectivity index (χ0v) is 12.0. The molecule has 0 aliphatic carbocycles. The average Bonchev–Trinajstić information content (AvgIpc) is 2.93. The molecule has 0 atom stereocenters. The predicted molar refractivity (Wildman–Crippen MR) is 72.1 cm³/mol. The van der Waals surface area contributed by atoms with Crippen molar-refractivity contribution in [2.45, 2.75) is 9.92 Å². The molecule has 3 N–H and O–H groups in total. The maximum atomic E-state index is 11.9. The summed E-state index contributed by atoms with van der Waals surface area (Å²) in [6.07, 6.45) is 2.38. The summed E-state index contributed by atoms with van der Waals surface area (Å²) in [5.74, 6) is 0. The summed E-state index contributed by atoms with van der Waals surface area (Å²) < 4.78 is 51.6. The zero-order chi connectivity index (χ0) is 14.8. The number of hydrogen-bond acceptors (Lipinski definition) is 5. The van der Waals surface area contributed by atoms with Crippen molar-refractivity contribution in [3.8, 4) is 0 Å². The van der Waals surface area contributed by atoms with Gasteiger partial charge in [-0.2, -0.15) is 8.42 Å². The normalized spacial score (nSPS) is 12.2. The first-order chi connectivity index (χ1) is 9.35. The average molecular weight is 316 g/mol. The molecule has 0 amide bonds. The number of aromatic nitrogens is 2. The van der Waals surface area contributed by atoms with Crippen LogP contribution in [0.15, 0.2) is 46.7 Å². The van der Waals surface area contributed by atoms with E-state index in [0.717, 1.165) is 6.20 Å². The summed E-state index contributed by atoms with van der Waals surface area (Å²) in [6, 6.07) is 5.47. The summed E-state index contributed by atoms with van der Waals surface area (Å²) in [5, 5.41) is -0.112. The zero-order valence-electron chi connectivity index (χ0n) is 10.4. The summed E-state index contributed by atoms with van der Waals surface area (Å²) in [7, 11) is -6.18. The standard InChI is InChI=1S/C10H12N4O4S2/c1-11-19(15,16)9-4-2-3-8(5-9)14-20(17,18)10-6-12-7-13-10/h2-7,11,14H,1H3,(H,12,13). The maximum absolute atomic E-state index is 11.9. The molecule has 0 saturated carbocycles. The maximum Gasteiger partial charge on any atom is 0.278 e. The number of nitrogens with zero attached hydrogens (tertiary/aromatic N) is 1. The van der Waals surface area contributed by atoms with E-state index in [-0.39, 0.29) is 15.6 Å². The van der Waals surface area contributed by atoms with Crippen LogP contribution in [-0.2, 0) is 20.0 Å². The SMILES string of the molecule is CNS(=O)(=O)c1cccc(NS(=O)(=O)c2cnc[nH]2)c1. The minimum Gasteiger partial charge on any atom is -0.334 e. The Hall–Kier alpha value is -1.91. The minimum absolute atomic E-state index is 0.0372. The first kappa shape index (κ1) is 14.5. The van der Waals surface area contributed by atoms with Crippen LogP contribution in [0.5, 0.6) is 0 Å².